The Bertz CT molecular complexity index is 452. The predicted molar refractivity (Wildman–Crippen MR) is 86.2 cm³/mol. The van der Waals surface area contributed by atoms with Crippen LogP contribution in [0.3, 0.4) is 0 Å². The van der Waals surface area contributed by atoms with E-state index >= 15 is 0 Å². The molecule has 1 aromatic carbocycles. The summed E-state index contributed by atoms with van der Waals surface area (Å²) in [6.07, 6.45) is 6.60. The highest BCUT2D eigenvalue weighted by atomic mass is 32.2. The van der Waals surface area contributed by atoms with E-state index in [4.69, 9.17) is 0 Å². The van der Waals surface area contributed by atoms with Gasteiger partial charge in [0.05, 0.1) is 5.75 Å². The Morgan fingerprint density at radius 3 is 2.65 bits per heavy atom. The van der Waals surface area contributed by atoms with Crippen molar-refractivity contribution in [2.45, 2.75) is 50.8 Å². The van der Waals surface area contributed by atoms with Gasteiger partial charge in [-0.3, -0.25) is 4.79 Å². The van der Waals surface area contributed by atoms with Crippen LogP contribution in [0.1, 0.15) is 43.2 Å². The molecule has 1 amide bonds. The van der Waals surface area contributed by atoms with Crippen LogP contribution < -0.4 is 5.32 Å². The van der Waals surface area contributed by atoms with Crippen LogP contribution in [0.15, 0.2) is 23.1 Å². The lowest BCUT2D eigenvalue weighted by molar-refractivity contribution is -0.118. The van der Waals surface area contributed by atoms with Gasteiger partial charge in [-0.1, -0.05) is 25.3 Å². The minimum absolute atomic E-state index is 0.166. The molecule has 110 valence electrons. The van der Waals surface area contributed by atoms with E-state index in [1.54, 1.807) is 11.8 Å². The normalized spacial score (nSPS) is 16.1. The van der Waals surface area contributed by atoms with E-state index < -0.39 is 0 Å². The Hall–Kier alpha value is -0.960. The van der Waals surface area contributed by atoms with Gasteiger partial charge in [-0.15, -0.1) is 11.8 Å². The number of hydrogen-bond donors (Lipinski definition) is 1. The molecule has 0 aromatic heterocycles. The number of benzene rings is 1. The standard InChI is InChI=1S/C17H25NOS/c1-13-8-9-16(10-14(13)2)20-12-17(19)18-11-15-6-4-3-5-7-15/h8-10,15H,3-7,11-12H2,1-2H3,(H,18,19). The van der Waals surface area contributed by atoms with Gasteiger partial charge >= 0.3 is 0 Å². The molecule has 0 radical (unpaired) electrons. The van der Waals surface area contributed by atoms with Crippen LogP contribution in [-0.2, 0) is 4.79 Å². The van der Waals surface area contributed by atoms with Gasteiger partial charge in [0.1, 0.15) is 0 Å². The molecule has 3 heteroatoms. The van der Waals surface area contributed by atoms with Crippen LogP contribution in [0.5, 0.6) is 0 Å². The number of thioether (sulfide) groups is 1. The molecule has 0 unspecified atom stereocenters. The molecule has 20 heavy (non-hydrogen) atoms. The number of hydrogen-bond acceptors (Lipinski definition) is 2. The van der Waals surface area contributed by atoms with E-state index in [0.29, 0.717) is 11.7 Å². The third-order valence-corrected chi connectivity index (χ3v) is 5.15. The molecule has 0 atom stereocenters. The molecule has 1 aromatic rings. The number of aryl methyl sites for hydroxylation is 2. The fourth-order valence-electron chi connectivity index (χ4n) is 2.65. The minimum atomic E-state index is 0.166. The maximum absolute atomic E-state index is 11.9. The number of nitrogens with one attached hydrogen (secondary N) is 1. The summed E-state index contributed by atoms with van der Waals surface area (Å²) in [7, 11) is 0. The highest BCUT2D eigenvalue weighted by Gasteiger charge is 2.14. The highest BCUT2D eigenvalue weighted by molar-refractivity contribution is 8.00. The Labute approximate surface area is 126 Å². The van der Waals surface area contributed by atoms with Gasteiger partial charge < -0.3 is 5.32 Å². The Morgan fingerprint density at radius 1 is 1.20 bits per heavy atom. The topological polar surface area (TPSA) is 29.1 Å². The van der Waals surface area contributed by atoms with E-state index in [9.17, 15) is 4.79 Å². The van der Waals surface area contributed by atoms with Crippen molar-refractivity contribution < 1.29 is 4.79 Å². The lowest BCUT2D eigenvalue weighted by Gasteiger charge is -2.21. The Kier molecular flexibility index (Phi) is 5.96. The fraction of sp³-hybridized carbons (Fsp3) is 0.588. The van der Waals surface area contributed by atoms with Crippen LogP contribution in [-0.4, -0.2) is 18.2 Å². The Balaban J connectivity index is 1.70. The van der Waals surface area contributed by atoms with Crippen molar-refractivity contribution >= 4 is 17.7 Å². The molecule has 1 aliphatic rings. The van der Waals surface area contributed by atoms with Crippen molar-refractivity contribution in [2.24, 2.45) is 5.92 Å². The lowest BCUT2D eigenvalue weighted by atomic mass is 9.89. The van der Waals surface area contributed by atoms with Crippen LogP contribution in [0.4, 0.5) is 0 Å². The quantitative estimate of drug-likeness (QED) is 0.828. The van der Waals surface area contributed by atoms with E-state index in [-0.39, 0.29) is 5.91 Å². The van der Waals surface area contributed by atoms with Crippen molar-refractivity contribution in [3.63, 3.8) is 0 Å². The summed E-state index contributed by atoms with van der Waals surface area (Å²) >= 11 is 1.63. The maximum Gasteiger partial charge on any atom is 0.230 e. The van der Waals surface area contributed by atoms with Crippen molar-refractivity contribution in [1.29, 1.82) is 0 Å². The Morgan fingerprint density at radius 2 is 1.95 bits per heavy atom. The summed E-state index contributed by atoms with van der Waals surface area (Å²) in [6.45, 7) is 5.09. The van der Waals surface area contributed by atoms with Gasteiger partial charge in [0, 0.05) is 11.4 Å². The second-order valence-electron chi connectivity index (χ2n) is 5.84. The molecule has 1 N–H and O–H groups in total. The van der Waals surface area contributed by atoms with Crippen molar-refractivity contribution in [3.05, 3.63) is 29.3 Å². The zero-order valence-electron chi connectivity index (χ0n) is 12.6. The van der Waals surface area contributed by atoms with Crippen LogP contribution in [0, 0.1) is 19.8 Å². The summed E-state index contributed by atoms with van der Waals surface area (Å²) in [4.78, 5) is 13.1. The van der Waals surface area contributed by atoms with Gasteiger partial charge in [-0.25, -0.2) is 0 Å². The van der Waals surface area contributed by atoms with Crippen LogP contribution in [0.25, 0.3) is 0 Å². The van der Waals surface area contributed by atoms with Gasteiger partial charge in [-0.2, -0.15) is 0 Å². The molecule has 1 saturated carbocycles. The number of carbonyl (C=O) groups excluding carboxylic acids is 1. The van der Waals surface area contributed by atoms with Crippen molar-refractivity contribution in [1.82, 2.24) is 5.32 Å². The largest absolute Gasteiger partial charge is 0.355 e. The van der Waals surface area contributed by atoms with Crippen LogP contribution in [0.2, 0.25) is 0 Å². The molecule has 2 rings (SSSR count). The van der Waals surface area contributed by atoms with Gasteiger partial charge in [-0.05, 0) is 55.9 Å². The smallest absolute Gasteiger partial charge is 0.230 e. The SMILES string of the molecule is Cc1ccc(SCC(=O)NCC2CCCCC2)cc1C. The summed E-state index contributed by atoms with van der Waals surface area (Å²) in [5, 5.41) is 3.09. The van der Waals surface area contributed by atoms with E-state index in [1.807, 2.05) is 0 Å². The first-order valence-corrected chi connectivity index (χ1v) is 8.60. The molecule has 2 nitrogen and oxygen atoms in total. The zero-order chi connectivity index (χ0) is 14.4. The van der Waals surface area contributed by atoms with Crippen molar-refractivity contribution in [2.75, 3.05) is 12.3 Å². The van der Waals surface area contributed by atoms with E-state index in [1.165, 1.54) is 48.1 Å². The lowest BCUT2D eigenvalue weighted by Crippen LogP contribution is -2.31. The molecule has 0 saturated heterocycles. The molecule has 1 fully saturated rings. The third kappa shape index (κ3) is 4.86. The molecule has 0 heterocycles. The third-order valence-electron chi connectivity index (χ3n) is 4.16. The number of carbonyl (C=O) groups is 1. The molecular weight excluding hydrogens is 266 g/mol. The first kappa shape index (κ1) is 15.4. The maximum atomic E-state index is 11.9. The van der Waals surface area contributed by atoms with E-state index in [2.05, 4.69) is 37.4 Å². The predicted octanol–water partition coefficient (Wildman–Crippen LogP) is 4.09. The van der Waals surface area contributed by atoms with Crippen molar-refractivity contribution in [3.8, 4) is 0 Å². The van der Waals surface area contributed by atoms with Gasteiger partial charge in [0.15, 0.2) is 0 Å². The molecule has 0 spiro atoms. The average Bonchev–Trinajstić information content (AvgIpc) is 2.47. The first-order chi connectivity index (χ1) is 9.65. The first-order valence-electron chi connectivity index (χ1n) is 7.62. The minimum Gasteiger partial charge on any atom is -0.355 e. The van der Waals surface area contributed by atoms with Gasteiger partial charge in [0.25, 0.3) is 0 Å². The highest BCUT2D eigenvalue weighted by Crippen LogP contribution is 2.23. The molecule has 0 bridgehead atoms. The fourth-order valence-corrected chi connectivity index (χ4v) is 3.48. The molecule has 1 aliphatic carbocycles. The summed E-state index contributed by atoms with van der Waals surface area (Å²) in [6, 6.07) is 6.38. The molecular formula is C17H25NOS. The average molecular weight is 291 g/mol. The monoisotopic (exact) mass is 291 g/mol. The number of amides is 1. The van der Waals surface area contributed by atoms with Gasteiger partial charge in [0.2, 0.25) is 5.91 Å². The second-order valence-corrected chi connectivity index (χ2v) is 6.89. The van der Waals surface area contributed by atoms with Crippen LogP contribution >= 0.6 is 11.8 Å². The zero-order valence-corrected chi connectivity index (χ0v) is 13.4. The summed E-state index contributed by atoms with van der Waals surface area (Å²) < 4.78 is 0. The second kappa shape index (κ2) is 7.72. The molecule has 0 aliphatic heterocycles. The summed E-state index contributed by atoms with van der Waals surface area (Å²) in [5.74, 6) is 1.40. The number of rotatable bonds is 5. The van der Waals surface area contributed by atoms with E-state index in [0.717, 1.165) is 6.54 Å². The summed E-state index contributed by atoms with van der Waals surface area (Å²) in [5.41, 5.74) is 2.59.